The van der Waals surface area contributed by atoms with E-state index in [0.717, 1.165) is 38.5 Å². The van der Waals surface area contributed by atoms with E-state index in [1.807, 2.05) is 13.8 Å². The van der Waals surface area contributed by atoms with E-state index >= 15 is 0 Å². The SMILES string of the molecule is [C-]#[N+]C(C)(C)CCCCCCCOC(=O)C=C. The Morgan fingerprint density at radius 2 is 1.88 bits per heavy atom. The fourth-order valence-corrected chi connectivity index (χ4v) is 1.48. The maximum absolute atomic E-state index is 10.7. The molecule has 3 nitrogen and oxygen atoms in total. The molecule has 0 aromatic carbocycles. The maximum Gasteiger partial charge on any atom is 0.330 e. The van der Waals surface area contributed by atoms with Crippen molar-refractivity contribution >= 4 is 5.97 Å². The minimum Gasteiger partial charge on any atom is -0.463 e. The fraction of sp³-hybridized carbons (Fsp3) is 0.714. The predicted molar refractivity (Wildman–Crippen MR) is 69.5 cm³/mol. The summed E-state index contributed by atoms with van der Waals surface area (Å²) in [6.45, 7) is 14.8. The molecular formula is C14H23NO2. The van der Waals surface area contributed by atoms with Gasteiger partial charge in [0.1, 0.15) is 0 Å². The van der Waals surface area contributed by atoms with Crippen molar-refractivity contribution in [3.05, 3.63) is 24.1 Å². The maximum atomic E-state index is 10.7. The molecule has 3 heteroatoms. The lowest BCUT2D eigenvalue weighted by molar-refractivity contribution is -0.137. The highest BCUT2D eigenvalue weighted by molar-refractivity contribution is 5.81. The Morgan fingerprint density at radius 3 is 2.47 bits per heavy atom. The zero-order chi connectivity index (χ0) is 13.1. The third-order valence-corrected chi connectivity index (χ3v) is 2.65. The molecule has 0 N–H and O–H groups in total. The number of rotatable bonds is 9. The van der Waals surface area contributed by atoms with Gasteiger partial charge in [-0.05, 0) is 12.8 Å². The van der Waals surface area contributed by atoms with Crippen LogP contribution in [-0.2, 0) is 9.53 Å². The van der Waals surface area contributed by atoms with Gasteiger partial charge < -0.3 is 9.58 Å². The summed E-state index contributed by atoms with van der Waals surface area (Å²) in [6.07, 6.45) is 7.51. The summed E-state index contributed by atoms with van der Waals surface area (Å²) >= 11 is 0. The van der Waals surface area contributed by atoms with Gasteiger partial charge in [-0.3, -0.25) is 0 Å². The summed E-state index contributed by atoms with van der Waals surface area (Å²) in [5.74, 6) is -0.344. The van der Waals surface area contributed by atoms with Gasteiger partial charge in [-0.25, -0.2) is 11.4 Å². The number of ether oxygens (including phenoxy) is 1. The molecule has 0 amide bonds. The van der Waals surface area contributed by atoms with Crippen molar-refractivity contribution in [1.29, 1.82) is 0 Å². The zero-order valence-electron chi connectivity index (χ0n) is 11.0. The van der Waals surface area contributed by atoms with E-state index in [2.05, 4.69) is 11.4 Å². The normalized spacial score (nSPS) is 10.6. The van der Waals surface area contributed by atoms with Crippen LogP contribution in [0.5, 0.6) is 0 Å². The second-order valence-corrected chi connectivity index (χ2v) is 4.81. The summed E-state index contributed by atoms with van der Waals surface area (Å²) in [5, 5.41) is 0. The lowest BCUT2D eigenvalue weighted by Crippen LogP contribution is -2.13. The van der Waals surface area contributed by atoms with Gasteiger partial charge in [0.2, 0.25) is 5.54 Å². The van der Waals surface area contributed by atoms with Crippen molar-refractivity contribution < 1.29 is 9.53 Å². The molecule has 0 saturated carbocycles. The molecule has 96 valence electrons. The van der Waals surface area contributed by atoms with Crippen LogP contribution in [-0.4, -0.2) is 18.1 Å². The molecular weight excluding hydrogens is 214 g/mol. The summed E-state index contributed by atoms with van der Waals surface area (Å²) in [6, 6.07) is 0. The minimum atomic E-state index is -0.344. The molecule has 0 atom stereocenters. The van der Waals surface area contributed by atoms with Crippen molar-refractivity contribution in [3.8, 4) is 0 Å². The van der Waals surface area contributed by atoms with Gasteiger partial charge >= 0.3 is 5.97 Å². The van der Waals surface area contributed by atoms with Gasteiger partial charge in [0.15, 0.2) is 0 Å². The zero-order valence-corrected chi connectivity index (χ0v) is 11.0. The summed E-state index contributed by atoms with van der Waals surface area (Å²) in [7, 11) is 0. The lowest BCUT2D eigenvalue weighted by atomic mass is 9.97. The molecule has 0 aliphatic carbocycles. The van der Waals surface area contributed by atoms with Crippen LogP contribution in [0.4, 0.5) is 0 Å². The van der Waals surface area contributed by atoms with Gasteiger partial charge in [0.25, 0.3) is 0 Å². The summed E-state index contributed by atoms with van der Waals surface area (Å²) in [5.41, 5.74) is -0.209. The molecule has 0 heterocycles. The minimum absolute atomic E-state index is 0.209. The third kappa shape index (κ3) is 9.62. The van der Waals surface area contributed by atoms with Crippen LogP contribution >= 0.6 is 0 Å². The number of carbonyl (C=O) groups excluding carboxylic acids is 1. The van der Waals surface area contributed by atoms with Gasteiger partial charge in [-0.15, -0.1) is 0 Å². The fourth-order valence-electron chi connectivity index (χ4n) is 1.48. The van der Waals surface area contributed by atoms with Crippen molar-refractivity contribution in [2.24, 2.45) is 0 Å². The number of nitrogens with zero attached hydrogens (tertiary/aromatic N) is 1. The first-order valence-electron chi connectivity index (χ1n) is 6.19. The Hall–Kier alpha value is -1.30. The first kappa shape index (κ1) is 15.7. The van der Waals surface area contributed by atoms with Gasteiger partial charge in [-0.1, -0.05) is 25.8 Å². The van der Waals surface area contributed by atoms with Crippen LogP contribution in [0.25, 0.3) is 4.85 Å². The average molecular weight is 237 g/mol. The summed E-state index contributed by atoms with van der Waals surface area (Å²) in [4.78, 5) is 14.3. The Bertz CT molecular complexity index is 276. The molecule has 17 heavy (non-hydrogen) atoms. The summed E-state index contributed by atoms with van der Waals surface area (Å²) < 4.78 is 4.87. The van der Waals surface area contributed by atoms with Crippen molar-refractivity contribution in [2.45, 2.75) is 57.9 Å². The van der Waals surface area contributed by atoms with Crippen LogP contribution in [0.15, 0.2) is 12.7 Å². The molecule has 0 saturated heterocycles. The average Bonchev–Trinajstić information content (AvgIpc) is 2.32. The number of carbonyl (C=O) groups is 1. The predicted octanol–water partition coefficient (Wildman–Crippen LogP) is 3.75. The number of hydrogen-bond acceptors (Lipinski definition) is 2. The van der Waals surface area contributed by atoms with Gasteiger partial charge in [0.05, 0.1) is 6.61 Å². The van der Waals surface area contributed by atoms with Crippen LogP contribution < -0.4 is 0 Å². The largest absolute Gasteiger partial charge is 0.463 e. The highest BCUT2D eigenvalue weighted by Gasteiger charge is 2.21. The Labute approximate surface area is 105 Å². The standard InChI is InChI=1S/C14H23NO2/c1-5-13(16)17-12-10-8-6-7-9-11-14(2,3)15-4/h5H,1,6-12H2,2-3H3. The van der Waals surface area contributed by atoms with E-state index in [4.69, 9.17) is 11.3 Å². The van der Waals surface area contributed by atoms with Gasteiger partial charge in [0, 0.05) is 26.3 Å². The molecule has 0 aromatic heterocycles. The molecule has 0 unspecified atom stereocenters. The van der Waals surface area contributed by atoms with E-state index in [0.29, 0.717) is 6.61 Å². The Morgan fingerprint density at radius 1 is 1.29 bits per heavy atom. The second kappa shape index (κ2) is 8.81. The van der Waals surface area contributed by atoms with Crippen molar-refractivity contribution in [3.63, 3.8) is 0 Å². The van der Waals surface area contributed by atoms with E-state index in [1.165, 1.54) is 6.08 Å². The van der Waals surface area contributed by atoms with Crippen LogP contribution in [0.1, 0.15) is 52.4 Å². The first-order valence-corrected chi connectivity index (χ1v) is 6.19. The molecule has 0 aliphatic rings. The van der Waals surface area contributed by atoms with Crippen LogP contribution in [0.2, 0.25) is 0 Å². The molecule has 0 fully saturated rings. The molecule has 0 bridgehead atoms. The van der Waals surface area contributed by atoms with E-state index < -0.39 is 0 Å². The Balaban J connectivity index is 3.28. The molecule has 0 aliphatic heterocycles. The smallest absolute Gasteiger partial charge is 0.330 e. The highest BCUT2D eigenvalue weighted by Crippen LogP contribution is 2.18. The molecule has 0 spiro atoms. The molecule has 0 rings (SSSR count). The lowest BCUT2D eigenvalue weighted by Gasteiger charge is -2.10. The Kier molecular flexibility index (Phi) is 8.13. The van der Waals surface area contributed by atoms with Crippen molar-refractivity contribution in [2.75, 3.05) is 6.61 Å². The second-order valence-electron chi connectivity index (χ2n) is 4.81. The van der Waals surface area contributed by atoms with Crippen LogP contribution in [0.3, 0.4) is 0 Å². The van der Waals surface area contributed by atoms with E-state index in [1.54, 1.807) is 0 Å². The monoisotopic (exact) mass is 237 g/mol. The van der Waals surface area contributed by atoms with E-state index in [9.17, 15) is 4.79 Å². The third-order valence-electron chi connectivity index (χ3n) is 2.65. The number of hydrogen-bond donors (Lipinski definition) is 0. The number of unbranched alkanes of at least 4 members (excludes halogenated alkanes) is 4. The highest BCUT2D eigenvalue weighted by atomic mass is 16.5. The quantitative estimate of drug-likeness (QED) is 0.264. The number of esters is 1. The molecule has 0 aromatic rings. The van der Waals surface area contributed by atoms with Gasteiger partial charge in [-0.2, -0.15) is 0 Å². The first-order chi connectivity index (χ1) is 8.02. The van der Waals surface area contributed by atoms with Crippen molar-refractivity contribution in [1.82, 2.24) is 0 Å². The van der Waals surface area contributed by atoms with E-state index in [-0.39, 0.29) is 11.5 Å². The topological polar surface area (TPSA) is 30.7 Å². The van der Waals surface area contributed by atoms with Crippen LogP contribution in [0, 0.1) is 6.57 Å². The molecule has 0 radical (unpaired) electrons.